The molecule has 7 heteroatoms. The molecular formula is C21H24N4O3. The lowest BCUT2D eigenvalue weighted by Crippen LogP contribution is -2.42. The smallest absolute Gasteiger partial charge is 0.231 e. The maximum Gasteiger partial charge on any atom is 0.231 e. The van der Waals surface area contributed by atoms with Crippen LogP contribution in [-0.4, -0.2) is 50.6 Å². The molecule has 0 unspecified atom stereocenters. The Balaban J connectivity index is 1.41. The van der Waals surface area contributed by atoms with Crippen molar-refractivity contribution < 1.29 is 14.3 Å². The van der Waals surface area contributed by atoms with E-state index in [1.165, 1.54) is 0 Å². The summed E-state index contributed by atoms with van der Waals surface area (Å²) in [6.45, 7) is 7.41. The van der Waals surface area contributed by atoms with E-state index in [9.17, 15) is 9.59 Å². The topological polar surface area (TPSA) is 76.5 Å². The minimum atomic E-state index is -0.655. The third-order valence-electron chi connectivity index (χ3n) is 6.28. The van der Waals surface area contributed by atoms with Crippen LogP contribution in [0.15, 0.2) is 36.7 Å². The fourth-order valence-electron chi connectivity index (χ4n) is 4.88. The number of benzene rings is 1. The van der Waals surface area contributed by atoms with Gasteiger partial charge in [0, 0.05) is 18.3 Å². The van der Waals surface area contributed by atoms with Crippen molar-refractivity contribution in [2.75, 3.05) is 11.9 Å². The van der Waals surface area contributed by atoms with Crippen LogP contribution in [-0.2, 0) is 20.9 Å². The molecule has 28 heavy (non-hydrogen) atoms. The maximum absolute atomic E-state index is 13.1. The van der Waals surface area contributed by atoms with Crippen LogP contribution in [0.1, 0.15) is 20.8 Å². The molecule has 0 radical (unpaired) electrons. The molecule has 0 saturated carbocycles. The van der Waals surface area contributed by atoms with Gasteiger partial charge in [0.15, 0.2) is 0 Å². The van der Waals surface area contributed by atoms with Crippen LogP contribution in [0.3, 0.4) is 0 Å². The number of likely N-dealkylation sites (tertiary alicyclic amines) is 1. The lowest BCUT2D eigenvalue weighted by Gasteiger charge is -2.24. The first kappa shape index (κ1) is 17.4. The zero-order valence-corrected chi connectivity index (χ0v) is 16.3. The molecule has 146 valence electrons. The number of hydrogen-bond acceptors (Lipinski definition) is 4. The third-order valence-corrected chi connectivity index (χ3v) is 6.28. The van der Waals surface area contributed by atoms with E-state index in [-0.39, 0.29) is 24.0 Å². The highest BCUT2D eigenvalue weighted by molar-refractivity contribution is 6.00. The summed E-state index contributed by atoms with van der Waals surface area (Å²) >= 11 is 0. The van der Waals surface area contributed by atoms with E-state index in [4.69, 9.17) is 4.74 Å². The van der Waals surface area contributed by atoms with Gasteiger partial charge in [-0.3, -0.25) is 9.59 Å². The van der Waals surface area contributed by atoms with Crippen LogP contribution in [0.2, 0.25) is 0 Å². The van der Waals surface area contributed by atoms with E-state index < -0.39 is 17.4 Å². The lowest BCUT2D eigenvalue weighted by atomic mass is 9.77. The number of aryl methyl sites for hydroxylation is 1. The van der Waals surface area contributed by atoms with Gasteiger partial charge in [0.25, 0.3) is 0 Å². The van der Waals surface area contributed by atoms with Crippen LogP contribution < -0.4 is 5.32 Å². The maximum atomic E-state index is 13.1. The molecule has 0 aliphatic carbocycles. The SMILES string of the molecule is CCn1cnc2cc(NC(=O)[C@H]3[C@H]4C(=O)N(C(C)C)C[C@@]45C=C[C@H]3O5)ccc21. The zero-order valence-electron chi connectivity index (χ0n) is 16.3. The molecule has 5 rings (SSSR count). The predicted molar refractivity (Wildman–Crippen MR) is 105 cm³/mol. The van der Waals surface area contributed by atoms with Crippen molar-refractivity contribution in [1.82, 2.24) is 14.5 Å². The molecule has 2 aromatic rings. The quantitative estimate of drug-likeness (QED) is 0.825. The molecule has 2 bridgehead atoms. The summed E-state index contributed by atoms with van der Waals surface area (Å²) in [6.07, 6.45) is 5.37. The van der Waals surface area contributed by atoms with Gasteiger partial charge in [0.1, 0.15) is 5.60 Å². The number of ether oxygens (including phenoxy) is 1. The van der Waals surface area contributed by atoms with Crippen molar-refractivity contribution in [3.05, 3.63) is 36.7 Å². The van der Waals surface area contributed by atoms with Gasteiger partial charge in [-0.15, -0.1) is 0 Å². The molecule has 7 nitrogen and oxygen atoms in total. The Morgan fingerprint density at radius 1 is 1.43 bits per heavy atom. The number of nitrogens with one attached hydrogen (secondary N) is 1. The van der Waals surface area contributed by atoms with Crippen molar-refractivity contribution in [2.45, 2.75) is 45.1 Å². The van der Waals surface area contributed by atoms with Gasteiger partial charge in [0.2, 0.25) is 11.8 Å². The molecule has 1 aromatic heterocycles. The average Bonchev–Trinajstić information content (AvgIpc) is 3.40. The monoisotopic (exact) mass is 380 g/mol. The molecule has 1 spiro atoms. The number of rotatable bonds is 4. The zero-order chi connectivity index (χ0) is 19.6. The van der Waals surface area contributed by atoms with E-state index >= 15 is 0 Å². The largest absolute Gasteiger partial charge is 0.360 e. The van der Waals surface area contributed by atoms with E-state index in [1.807, 2.05) is 49.1 Å². The highest BCUT2D eigenvalue weighted by atomic mass is 16.5. The fraction of sp³-hybridized carbons (Fsp3) is 0.476. The molecule has 3 aliphatic heterocycles. The number of fused-ring (bicyclic) bond motifs is 2. The van der Waals surface area contributed by atoms with Gasteiger partial charge in [-0.05, 0) is 39.0 Å². The Kier molecular flexibility index (Phi) is 3.68. The molecule has 4 atom stereocenters. The molecule has 2 amide bonds. The minimum Gasteiger partial charge on any atom is -0.360 e. The van der Waals surface area contributed by atoms with Crippen molar-refractivity contribution in [3.63, 3.8) is 0 Å². The second-order valence-electron chi connectivity index (χ2n) is 8.18. The van der Waals surface area contributed by atoms with Gasteiger partial charge in [0.05, 0.1) is 41.8 Å². The Bertz CT molecular complexity index is 1010. The number of amides is 2. The third kappa shape index (κ3) is 2.29. The van der Waals surface area contributed by atoms with E-state index in [1.54, 1.807) is 6.33 Å². The Morgan fingerprint density at radius 3 is 3.00 bits per heavy atom. The van der Waals surface area contributed by atoms with E-state index in [0.717, 1.165) is 17.6 Å². The van der Waals surface area contributed by atoms with Gasteiger partial charge in [-0.1, -0.05) is 12.2 Å². The van der Waals surface area contributed by atoms with Crippen molar-refractivity contribution in [1.29, 1.82) is 0 Å². The lowest BCUT2D eigenvalue weighted by molar-refractivity contribution is -0.136. The number of nitrogens with zero attached hydrogens (tertiary/aromatic N) is 3. The van der Waals surface area contributed by atoms with Gasteiger partial charge in [-0.2, -0.15) is 0 Å². The first-order valence-corrected chi connectivity index (χ1v) is 9.87. The summed E-state index contributed by atoms with van der Waals surface area (Å²) in [5, 5.41) is 2.99. The van der Waals surface area contributed by atoms with Crippen molar-refractivity contribution in [2.24, 2.45) is 11.8 Å². The first-order valence-electron chi connectivity index (χ1n) is 9.87. The number of carbonyl (C=O) groups excluding carboxylic acids is 2. The van der Waals surface area contributed by atoms with Gasteiger partial charge < -0.3 is 19.5 Å². The molecule has 3 aliphatic rings. The standard InChI is InChI=1S/C21H24N4O3/c1-4-24-11-22-14-9-13(5-6-15(14)24)23-19(26)17-16-7-8-21(28-16)10-25(12(2)3)20(27)18(17)21/h5-9,11-12,16-18H,4,10H2,1-3H3,(H,23,26)/t16-,17-,18+,21+/m1/s1. The second kappa shape index (κ2) is 5.91. The van der Waals surface area contributed by atoms with Gasteiger partial charge in [-0.25, -0.2) is 4.98 Å². The van der Waals surface area contributed by atoms with Crippen molar-refractivity contribution in [3.8, 4) is 0 Å². The first-order chi connectivity index (χ1) is 13.4. The second-order valence-corrected chi connectivity index (χ2v) is 8.18. The molecule has 2 saturated heterocycles. The van der Waals surface area contributed by atoms with Crippen LogP contribution in [0.4, 0.5) is 5.69 Å². The Labute approximate surface area is 163 Å². The fourth-order valence-corrected chi connectivity index (χ4v) is 4.88. The van der Waals surface area contributed by atoms with E-state index in [2.05, 4.69) is 21.8 Å². The summed E-state index contributed by atoms with van der Waals surface area (Å²) < 4.78 is 8.20. The number of aromatic nitrogens is 2. The number of carbonyl (C=O) groups is 2. The highest BCUT2D eigenvalue weighted by Gasteiger charge is 2.67. The Morgan fingerprint density at radius 2 is 2.25 bits per heavy atom. The molecule has 1 aromatic carbocycles. The average molecular weight is 380 g/mol. The normalized spacial score (nSPS) is 30.6. The van der Waals surface area contributed by atoms with Crippen molar-refractivity contribution >= 4 is 28.5 Å². The van der Waals surface area contributed by atoms with Crippen LogP contribution in [0, 0.1) is 11.8 Å². The summed E-state index contributed by atoms with van der Waals surface area (Å²) in [5.74, 6) is -1.12. The van der Waals surface area contributed by atoms with Crippen LogP contribution in [0.25, 0.3) is 11.0 Å². The highest BCUT2D eigenvalue weighted by Crippen LogP contribution is 2.52. The Hall–Kier alpha value is -2.67. The number of imidazole rings is 1. The number of hydrogen-bond donors (Lipinski definition) is 1. The molecule has 2 fully saturated rings. The predicted octanol–water partition coefficient (Wildman–Crippen LogP) is 2.19. The van der Waals surface area contributed by atoms with Crippen LogP contribution in [0.5, 0.6) is 0 Å². The van der Waals surface area contributed by atoms with Gasteiger partial charge >= 0.3 is 0 Å². The minimum absolute atomic E-state index is 0.0131. The summed E-state index contributed by atoms with van der Waals surface area (Å²) in [5.41, 5.74) is 1.90. The van der Waals surface area contributed by atoms with Crippen LogP contribution >= 0.6 is 0 Å². The molecular weight excluding hydrogens is 356 g/mol. The molecule has 1 N–H and O–H groups in total. The number of anilines is 1. The summed E-state index contributed by atoms with van der Waals surface area (Å²) in [6, 6.07) is 5.80. The van der Waals surface area contributed by atoms with E-state index in [0.29, 0.717) is 12.2 Å². The summed E-state index contributed by atoms with van der Waals surface area (Å²) in [4.78, 5) is 32.4. The molecule has 4 heterocycles. The summed E-state index contributed by atoms with van der Waals surface area (Å²) in [7, 11) is 0.